The molecule has 0 unspecified atom stereocenters. The number of nitrogens with one attached hydrogen (secondary N) is 1. The molecule has 28 heavy (non-hydrogen) atoms. The number of nitrogen functional groups attached to an aromatic ring is 1. The summed E-state index contributed by atoms with van der Waals surface area (Å²) in [6, 6.07) is 8.21. The molecule has 1 aromatic heterocycles. The van der Waals surface area contributed by atoms with E-state index in [4.69, 9.17) is 10.5 Å². The molecule has 0 amide bonds. The first kappa shape index (κ1) is 19.0. The molecule has 2 aromatic rings. The van der Waals surface area contributed by atoms with Gasteiger partial charge in [-0.1, -0.05) is 6.42 Å². The summed E-state index contributed by atoms with van der Waals surface area (Å²) >= 11 is 0. The number of morpholine rings is 1. The first-order chi connectivity index (χ1) is 13.7. The van der Waals surface area contributed by atoms with E-state index >= 15 is 0 Å². The number of hydrogen-bond acceptors (Lipinski definition) is 7. The van der Waals surface area contributed by atoms with Crippen LogP contribution in [0.3, 0.4) is 0 Å². The lowest BCUT2D eigenvalue weighted by Crippen LogP contribution is -2.36. The highest BCUT2D eigenvalue weighted by Crippen LogP contribution is 2.28. The largest absolute Gasteiger partial charge is 0.508 e. The van der Waals surface area contributed by atoms with Crippen LogP contribution in [0.4, 0.5) is 11.8 Å². The second-order valence-corrected chi connectivity index (χ2v) is 7.64. The maximum atomic E-state index is 10.3. The third kappa shape index (κ3) is 4.72. The molecule has 2 saturated heterocycles. The molecule has 0 bridgehead atoms. The zero-order valence-electron chi connectivity index (χ0n) is 16.2. The molecule has 0 radical (unpaired) electrons. The fourth-order valence-corrected chi connectivity index (χ4v) is 4.03. The van der Waals surface area contributed by atoms with Crippen molar-refractivity contribution in [3.05, 3.63) is 29.8 Å². The maximum absolute atomic E-state index is 10.3. The molecular formula is C21H29N5O2. The van der Waals surface area contributed by atoms with Gasteiger partial charge in [0, 0.05) is 30.8 Å². The van der Waals surface area contributed by atoms with Crippen molar-refractivity contribution in [3.63, 3.8) is 0 Å². The lowest BCUT2D eigenvalue weighted by Gasteiger charge is -2.28. The van der Waals surface area contributed by atoms with Gasteiger partial charge in [0.1, 0.15) is 11.6 Å². The fraction of sp³-hybridized carbons (Fsp3) is 0.524. The smallest absolute Gasteiger partial charge is 0.222 e. The van der Waals surface area contributed by atoms with Crippen LogP contribution in [0.1, 0.15) is 31.2 Å². The Hall–Kier alpha value is -2.38. The summed E-state index contributed by atoms with van der Waals surface area (Å²) in [4.78, 5) is 11.0. The number of phenols is 1. The first-order valence-corrected chi connectivity index (χ1v) is 10.2. The minimum atomic E-state index is 0.246. The zero-order valence-corrected chi connectivity index (χ0v) is 16.2. The molecule has 150 valence electrons. The summed E-state index contributed by atoms with van der Waals surface area (Å²) in [5.41, 5.74) is 8.71. The Morgan fingerprint density at radius 3 is 2.79 bits per heavy atom. The lowest BCUT2D eigenvalue weighted by atomic mass is 9.96. The van der Waals surface area contributed by atoms with Crippen molar-refractivity contribution in [2.24, 2.45) is 0 Å². The number of nitrogens with zero attached hydrogens (tertiary/aromatic N) is 3. The van der Waals surface area contributed by atoms with Crippen LogP contribution in [0.2, 0.25) is 0 Å². The van der Waals surface area contributed by atoms with Gasteiger partial charge in [-0.15, -0.1) is 0 Å². The molecule has 2 aliphatic heterocycles. The molecule has 1 aromatic carbocycles. The molecular weight excluding hydrogens is 354 g/mol. The summed E-state index contributed by atoms with van der Waals surface area (Å²) in [6.45, 7) is 4.06. The molecule has 7 nitrogen and oxygen atoms in total. The standard InChI is InChI=1S/C21H29N5O2/c22-21-24-19(14-20(25-21)26-7-9-28-10-8-26)16-11-15(12-18(27)13-16)4-5-17-3-1-2-6-23-17/h11-14,17,23,27H,1-10H2,(H2,22,24,25)/t17-/m0/s1. The van der Waals surface area contributed by atoms with E-state index in [1.165, 1.54) is 19.3 Å². The van der Waals surface area contributed by atoms with Gasteiger partial charge < -0.3 is 25.8 Å². The normalized spacial score (nSPS) is 20.3. The summed E-state index contributed by atoms with van der Waals surface area (Å²) in [5, 5.41) is 13.8. The zero-order chi connectivity index (χ0) is 19.3. The molecule has 3 heterocycles. The third-order valence-corrected chi connectivity index (χ3v) is 5.53. The summed E-state index contributed by atoms with van der Waals surface area (Å²) in [5.74, 6) is 1.31. The fourth-order valence-electron chi connectivity index (χ4n) is 4.03. The maximum Gasteiger partial charge on any atom is 0.222 e. The number of ether oxygens (including phenoxy) is 1. The van der Waals surface area contributed by atoms with E-state index in [1.54, 1.807) is 6.07 Å². The van der Waals surface area contributed by atoms with E-state index in [2.05, 4.69) is 26.3 Å². The monoisotopic (exact) mass is 383 g/mol. The van der Waals surface area contributed by atoms with Gasteiger partial charge in [-0.25, -0.2) is 4.98 Å². The van der Waals surface area contributed by atoms with Crippen molar-refractivity contribution in [1.29, 1.82) is 0 Å². The molecule has 1 atom stereocenters. The van der Waals surface area contributed by atoms with Crippen LogP contribution in [-0.4, -0.2) is 54.0 Å². The topological polar surface area (TPSA) is 96.5 Å². The Bertz CT molecular complexity index is 801. The number of rotatable bonds is 5. The van der Waals surface area contributed by atoms with Crippen molar-refractivity contribution in [2.75, 3.05) is 43.5 Å². The molecule has 2 fully saturated rings. The van der Waals surface area contributed by atoms with E-state index in [0.29, 0.717) is 19.3 Å². The van der Waals surface area contributed by atoms with Gasteiger partial charge in [0.15, 0.2) is 0 Å². The third-order valence-electron chi connectivity index (χ3n) is 5.53. The van der Waals surface area contributed by atoms with E-state index in [1.807, 2.05) is 12.1 Å². The van der Waals surface area contributed by atoms with Crippen molar-refractivity contribution in [2.45, 2.75) is 38.1 Å². The lowest BCUT2D eigenvalue weighted by molar-refractivity contribution is 0.122. The van der Waals surface area contributed by atoms with Crippen molar-refractivity contribution >= 4 is 11.8 Å². The second-order valence-electron chi connectivity index (χ2n) is 7.64. The predicted molar refractivity (Wildman–Crippen MR) is 111 cm³/mol. The van der Waals surface area contributed by atoms with Gasteiger partial charge in [-0.05, 0) is 56.0 Å². The van der Waals surface area contributed by atoms with Gasteiger partial charge in [-0.3, -0.25) is 0 Å². The average molecular weight is 383 g/mol. The highest BCUT2D eigenvalue weighted by atomic mass is 16.5. The van der Waals surface area contributed by atoms with Crippen LogP contribution in [0, 0.1) is 0 Å². The Morgan fingerprint density at radius 2 is 2.00 bits per heavy atom. The van der Waals surface area contributed by atoms with Crippen LogP contribution in [-0.2, 0) is 11.2 Å². The highest BCUT2D eigenvalue weighted by molar-refractivity contribution is 5.67. The number of aryl methyl sites for hydroxylation is 1. The van der Waals surface area contributed by atoms with Crippen LogP contribution in [0.25, 0.3) is 11.3 Å². The van der Waals surface area contributed by atoms with Gasteiger partial charge in [0.05, 0.1) is 18.9 Å². The van der Waals surface area contributed by atoms with E-state index < -0.39 is 0 Å². The molecule has 4 rings (SSSR count). The molecule has 4 N–H and O–H groups in total. The summed E-state index contributed by atoms with van der Waals surface area (Å²) in [6.07, 6.45) is 5.81. The molecule has 2 aliphatic rings. The number of benzene rings is 1. The number of aromatic hydroxyl groups is 1. The van der Waals surface area contributed by atoms with Crippen LogP contribution < -0.4 is 16.0 Å². The quantitative estimate of drug-likeness (QED) is 0.729. The van der Waals surface area contributed by atoms with Gasteiger partial charge in [0.2, 0.25) is 5.95 Å². The SMILES string of the molecule is Nc1nc(-c2cc(O)cc(CC[C@@H]3CCCCN3)c2)cc(N2CCOCC2)n1. The number of hydrogen-bond donors (Lipinski definition) is 3. The molecule has 0 aliphatic carbocycles. The predicted octanol–water partition coefficient (Wildman–Crippen LogP) is 2.34. The minimum absolute atomic E-state index is 0.246. The number of anilines is 2. The molecule has 0 saturated carbocycles. The second kappa shape index (κ2) is 8.75. The van der Waals surface area contributed by atoms with Crippen molar-refractivity contribution in [3.8, 4) is 17.0 Å². The van der Waals surface area contributed by atoms with Crippen LogP contribution in [0.15, 0.2) is 24.3 Å². The Kier molecular flexibility index (Phi) is 5.92. The van der Waals surface area contributed by atoms with Crippen LogP contribution >= 0.6 is 0 Å². The molecule has 7 heteroatoms. The van der Waals surface area contributed by atoms with E-state index in [0.717, 1.165) is 55.1 Å². The Balaban J connectivity index is 1.54. The average Bonchev–Trinajstić information content (AvgIpc) is 2.73. The van der Waals surface area contributed by atoms with E-state index in [9.17, 15) is 5.11 Å². The molecule has 0 spiro atoms. The van der Waals surface area contributed by atoms with Crippen LogP contribution in [0.5, 0.6) is 5.75 Å². The van der Waals surface area contributed by atoms with Gasteiger partial charge >= 0.3 is 0 Å². The van der Waals surface area contributed by atoms with Gasteiger partial charge in [0.25, 0.3) is 0 Å². The Morgan fingerprint density at radius 1 is 1.14 bits per heavy atom. The number of aromatic nitrogens is 2. The number of piperidine rings is 1. The minimum Gasteiger partial charge on any atom is -0.508 e. The van der Waals surface area contributed by atoms with Crippen molar-refractivity contribution < 1.29 is 9.84 Å². The van der Waals surface area contributed by atoms with Gasteiger partial charge in [-0.2, -0.15) is 4.98 Å². The number of nitrogens with two attached hydrogens (primary N) is 1. The Labute approximate surface area is 165 Å². The number of phenolic OH excluding ortho intramolecular Hbond substituents is 1. The first-order valence-electron chi connectivity index (χ1n) is 10.2. The highest BCUT2D eigenvalue weighted by Gasteiger charge is 2.16. The van der Waals surface area contributed by atoms with E-state index in [-0.39, 0.29) is 11.7 Å². The summed E-state index contributed by atoms with van der Waals surface area (Å²) < 4.78 is 5.42. The summed E-state index contributed by atoms with van der Waals surface area (Å²) in [7, 11) is 0. The van der Waals surface area contributed by atoms with Crippen molar-refractivity contribution in [1.82, 2.24) is 15.3 Å².